The largest absolute Gasteiger partial charge is 0.248 e. The number of benzene rings is 4. The highest BCUT2D eigenvalue weighted by Crippen LogP contribution is 2.35. The monoisotopic (exact) mass is 360 g/mol. The van der Waals surface area contributed by atoms with Crippen LogP contribution in [0.15, 0.2) is 84.9 Å². The Balaban J connectivity index is 1.92. The highest BCUT2D eigenvalue weighted by molar-refractivity contribution is 6.11. The molecule has 0 aliphatic carbocycles. The molecule has 134 valence electrons. The van der Waals surface area contributed by atoms with Crippen molar-refractivity contribution in [3.05, 3.63) is 96.1 Å². The molecule has 0 fully saturated rings. The average Bonchev–Trinajstić information content (AvgIpc) is 3.19. The second kappa shape index (κ2) is 5.49. The van der Waals surface area contributed by atoms with Crippen molar-refractivity contribution in [2.24, 2.45) is 0 Å². The number of nitrogens with zero attached hydrogens (tertiary/aromatic N) is 2. The van der Waals surface area contributed by atoms with E-state index in [0.717, 1.165) is 0 Å². The molecular weight excluding hydrogens is 340 g/mol. The molecule has 0 radical (unpaired) electrons. The van der Waals surface area contributed by atoms with Crippen LogP contribution in [0.3, 0.4) is 0 Å². The first-order valence-corrected chi connectivity index (χ1v) is 9.73. The molecular formula is C26H20N2. The van der Waals surface area contributed by atoms with E-state index in [9.17, 15) is 0 Å². The van der Waals surface area contributed by atoms with Crippen molar-refractivity contribution in [1.82, 2.24) is 9.35 Å². The fourth-order valence-electron chi connectivity index (χ4n) is 4.55. The molecule has 2 nitrogen and oxygen atoms in total. The van der Waals surface area contributed by atoms with Crippen LogP contribution in [0, 0.1) is 13.8 Å². The number of hydrogen-bond donors (Lipinski definition) is 0. The number of aryl methyl sites for hydroxylation is 2. The van der Waals surface area contributed by atoms with Crippen LogP contribution in [0.5, 0.6) is 0 Å². The van der Waals surface area contributed by atoms with Crippen LogP contribution < -0.4 is 0 Å². The van der Waals surface area contributed by atoms with Gasteiger partial charge in [-0.25, -0.2) is 9.35 Å². The van der Waals surface area contributed by atoms with E-state index in [1.807, 2.05) is 0 Å². The van der Waals surface area contributed by atoms with Gasteiger partial charge in [0.25, 0.3) is 0 Å². The SMILES string of the molecule is Cc1ccc2c3ccccc3n(-n3c4ccccc4c4ccc(C)cc43)c2c1. The Hall–Kier alpha value is -3.52. The van der Waals surface area contributed by atoms with E-state index < -0.39 is 0 Å². The zero-order chi connectivity index (χ0) is 18.8. The molecule has 0 N–H and O–H groups in total. The molecule has 2 heteroatoms. The molecule has 0 aliphatic heterocycles. The molecule has 0 aliphatic rings. The Bertz CT molecular complexity index is 1410. The lowest BCUT2D eigenvalue weighted by Crippen LogP contribution is -2.08. The van der Waals surface area contributed by atoms with Crippen LogP contribution in [0.2, 0.25) is 0 Å². The topological polar surface area (TPSA) is 9.86 Å². The lowest BCUT2D eigenvalue weighted by molar-refractivity contribution is 0.774. The second-order valence-electron chi connectivity index (χ2n) is 7.70. The molecule has 2 heterocycles. The number of para-hydroxylation sites is 2. The number of hydrogen-bond acceptors (Lipinski definition) is 0. The van der Waals surface area contributed by atoms with E-state index in [2.05, 4.69) is 108 Å². The van der Waals surface area contributed by atoms with Gasteiger partial charge in [-0.15, -0.1) is 0 Å². The van der Waals surface area contributed by atoms with E-state index in [4.69, 9.17) is 0 Å². The van der Waals surface area contributed by atoms with Gasteiger partial charge in [-0.3, -0.25) is 0 Å². The van der Waals surface area contributed by atoms with E-state index in [-0.39, 0.29) is 0 Å². The second-order valence-corrected chi connectivity index (χ2v) is 7.70. The van der Waals surface area contributed by atoms with E-state index in [1.165, 1.54) is 54.7 Å². The van der Waals surface area contributed by atoms with Crippen LogP contribution in [0.4, 0.5) is 0 Å². The third-order valence-corrected chi connectivity index (χ3v) is 5.81. The van der Waals surface area contributed by atoms with E-state index in [0.29, 0.717) is 0 Å². The van der Waals surface area contributed by atoms with Gasteiger partial charge in [-0.05, 0) is 49.2 Å². The van der Waals surface area contributed by atoms with Crippen molar-refractivity contribution in [1.29, 1.82) is 0 Å². The molecule has 0 saturated carbocycles. The van der Waals surface area contributed by atoms with Gasteiger partial charge in [0, 0.05) is 21.5 Å². The smallest absolute Gasteiger partial charge is 0.0718 e. The van der Waals surface area contributed by atoms with Crippen molar-refractivity contribution >= 4 is 43.6 Å². The summed E-state index contributed by atoms with van der Waals surface area (Å²) in [6.45, 7) is 4.33. The summed E-state index contributed by atoms with van der Waals surface area (Å²) in [6, 6.07) is 30.9. The fraction of sp³-hybridized carbons (Fsp3) is 0.0769. The summed E-state index contributed by atoms with van der Waals surface area (Å²) >= 11 is 0. The molecule has 0 saturated heterocycles. The van der Waals surface area contributed by atoms with Crippen LogP contribution in [0.25, 0.3) is 43.6 Å². The molecule has 6 rings (SSSR count). The van der Waals surface area contributed by atoms with Crippen molar-refractivity contribution in [2.45, 2.75) is 13.8 Å². The molecule has 0 unspecified atom stereocenters. The summed E-state index contributed by atoms with van der Waals surface area (Å²) in [6.07, 6.45) is 0. The molecule has 0 amide bonds. The molecule has 0 atom stereocenters. The van der Waals surface area contributed by atoms with Gasteiger partial charge < -0.3 is 0 Å². The number of fused-ring (bicyclic) bond motifs is 6. The number of aromatic nitrogens is 2. The van der Waals surface area contributed by atoms with Gasteiger partial charge in [0.2, 0.25) is 0 Å². The minimum Gasteiger partial charge on any atom is -0.248 e. The van der Waals surface area contributed by atoms with E-state index in [1.54, 1.807) is 0 Å². The van der Waals surface area contributed by atoms with Crippen molar-refractivity contribution in [3.63, 3.8) is 0 Å². The number of rotatable bonds is 1. The molecule has 0 spiro atoms. The third-order valence-electron chi connectivity index (χ3n) is 5.81. The summed E-state index contributed by atoms with van der Waals surface area (Å²) in [5.74, 6) is 0. The summed E-state index contributed by atoms with van der Waals surface area (Å²) in [4.78, 5) is 0. The predicted molar refractivity (Wildman–Crippen MR) is 119 cm³/mol. The lowest BCUT2D eigenvalue weighted by atomic mass is 10.1. The van der Waals surface area contributed by atoms with Crippen LogP contribution >= 0.6 is 0 Å². The standard InChI is InChI=1S/C26H20N2/c1-17-11-13-21-19-7-3-5-9-23(19)27(25(21)15-17)28-24-10-6-4-8-20(24)22-14-12-18(2)16-26(22)28/h3-16H,1-2H3. The Kier molecular flexibility index (Phi) is 3.05. The molecule has 6 aromatic rings. The van der Waals surface area contributed by atoms with Gasteiger partial charge in [0.05, 0.1) is 22.1 Å². The Morgan fingerprint density at radius 1 is 0.429 bits per heavy atom. The van der Waals surface area contributed by atoms with Crippen LogP contribution in [-0.2, 0) is 0 Å². The lowest BCUT2D eigenvalue weighted by Gasteiger charge is -2.13. The third kappa shape index (κ3) is 1.97. The Labute approximate surface area is 163 Å². The minimum absolute atomic E-state index is 1.23. The van der Waals surface area contributed by atoms with E-state index >= 15 is 0 Å². The zero-order valence-corrected chi connectivity index (χ0v) is 16.0. The van der Waals surface area contributed by atoms with Gasteiger partial charge in [-0.2, -0.15) is 0 Å². The average molecular weight is 360 g/mol. The minimum atomic E-state index is 1.23. The summed E-state index contributed by atoms with van der Waals surface area (Å²) in [7, 11) is 0. The van der Waals surface area contributed by atoms with Crippen LogP contribution in [0.1, 0.15) is 11.1 Å². The normalized spacial score (nSPS) is 11.9. The first kappa shape index (κ1) is 15.5. The quantitative estimate of drug-likeness (QED) is 0.304. The zero-order valence-electron chi connectivity index (χ0n) is 16.0. The maximum absolute atomic E-state index is 2.39. The van der Waals surface area contributed by atoms with Crippen molar-refractivity contribution < 1.29 is 0 Å². The highest BCUT2D eigenvalue weighted by atomic mass is 15.5. The predicted octanol–water partition coefficient (Wildman–Crippen LogP) is 6.83. The maximum Gasteiger partial charge on any atom is 0.0718 e. The summed E-state index contributed by atoms with van der Waals surface area (Å²) in [5.41, 5.74) is 7.48. The fourth-order valence-corrected chi connectivity index (χ4v) is 4.55. The first-order valence-electron chi connectivity index (χ1n) is 9.73. The molecule has 28 heavy (non-hydrogen) atoms. The summed E-state index contributed by atoms with van der Waals surface area (Å²) < 4.78 is 4.78. The van der Waals surface area contributed by atoms with Crippen molar-refractivity contribution in [2.75, 3.05) is 0 Å². The van der Waals surface area contributed by atoms with Crippen LogP contribution in [-0.4, -0.2) is 9.35 Å². The van der Waals surface area contributed by atoms with Gasteiger partial charge >= 0.3 is 0 Å². The van der Waals surface area contributed by atoms with Gasteiger partial charge in [-0.1, -0.05) is 60.7 Å². The Morgan fingerprint density at radius 2 is 0.821 bits per heavy atom. The van der Waals surface area contributed by atoms with Crippen molar-refractivity contribution in [3.8, 4) is 0 Å². The Morgan fingerprint density at radius 3 is 1.29 bits per heavy atom. The maximum atomic E-state index is 2.39. The first-order chi connectivity index (χ1) is 13.7. The molecule has 2 aromatic heterocycles. The van der Waals surface area contributed by atoms with Gasteiger partial charge in [0.15, 0.2) is 0 Å². The molecule has 0 bridgehead atoms. The van der Waals surface area contributed by atoms with Gasteiger partial charge in [0.1, 0.15) is 0 Å². The highest BCUT2D eigenvalue weighted by Gasteiger charge is 2.17. The summed E-state index contributed by atoms with van der Waals surface area (Å²) in [5, 5.41) is 5.16. The molecule has 4 aromatic carbocycles.